The molecule has 1 aliphatic carbocycles. The standard InChI is InChI=1S/C15H22N2O3S/c1-3-4-11-17(2)21(19,20)14-9-7-13(8-10-14)16-15(18)12-5-6-12/h7-10,12H,3-6,11H2,1-2H3,(H,16,18). The lowest BCUT2D eigenvalue weighted by Crippen LogP contribution is -2.27. The monoisotopic (exact) mass is 310 g/mol. The Labute approximate surface area is 126 Å². The van der Waals surface area contributed by atoms with Crippen LogP contribution in [0.3, 0.4) is 0 Å². The molecule has 0 unspecified atom stereocenters. The quantitative estimate of drug-likeness (QED) is 0.841. The number of sulfonamides is 1. The van der Waals surface area contributed by atoms with E-state index >= 15 is 0 Å². The number of nitrogens with one attached hydrogen (secondary N) is 1. The molecule has 0 saturated heterocycles. The molecule has 0 spiro atoms. The Morgan fingerprint density at radius 3 is 2.43 bits per heavy atom. The third kappa shape index (κ3) is 4.04. The number of hydrogen-bond acceptors (Lipinski definition) is 3. The number of carbonyl (C=O) groups is 1. The highest BCUT2D eigenvalue weighted by atomic mass is 32.2. The van der Waals surface area contributed by atoms with Gasteiger partial charge in [0.2, 0.25) is 15.9 Å². The van der Waals surface area contributed by atoms with Crippen molar-refractivity contribution < 1.29 is 13.2 Å². The van der Waals surface area contributed by atoms with Crippen molar-refractivity contribution in [3.05, 3.63) is 24.3 Å². The Hall–Kier alpha value is -1.40. The molecule has 116 valence electrons. The first-order valence-corrected chi connectivity index (χ1v) is 8.76. The number of hydrogen-bond donors (Lipinski definition) is 1. The van der Waals surface area contributed by atoms with Gasteiger partial charge in [-0.15, -0.1) is 0 Å². The molecule has 0 heterocycles. The number of nitrogens with zero attached hydrogens (tertiary/aromatic N) is 1. The molecule has 1 N–H and O–H groups in total. The molecule has 5 nitrogen and oxygen atoms in total. The molecule has 1 amide bonds. The maximum Gasteiger partial charge on any atom is 0.242 e. The molecule has 1 aliphatic rings. The Balaban J connectivity index is 2.04. The predicted octanol–water partition coefficient (Wildman–Crippen LogP) is 2.46. The second-order valence-electron chi connectivity index (χ2n) is 5.47. The van der Waals surface area contributed by atoms with Crippen LogP contribution < -0.4 is 5.32 Å². The van der Waals surface area contributed by atoms with Crippen molar-refractivity contribution in [2.45, 2.75) is 37.5 Å². The maximum atomic E-state index is 12.3. The van der Waals surface area contributed by atoms with Crippen molar-refractivity contribution in [1.29, 1.82) is 0 Å². The molecule has 0 radical (unpaired) electrons. The van der Waals surface area contributed by atoms with E-state index in [1.54, 1.807) is 31.3 Å². The van der Waals surface area contributed by atoms with Crippen LogP contribution in [-0.2, 0) is 14.8 Å². The van der Waals surface area contributed by atoms with Gasteiger partial charge in [0.15, 0.2) is 0 Å². The van der Waals surface area contributed by atoms with E-state index in [1.165, 1.54) is 4.31 Å². The van der Waals surface area contributed by atoms with Crippen LogP contribution in [0.25, 0.3) is 0 Å². The van der Waals surface area contributed by atoms with Gasteiger partial charge in [0.1, 0.15) is 0 Å². The molecule has 1 aromatic carbocycles. The summed E-state index contributed by atoms with van der Waals surface area (Å²) < 4.78 is 26.0. The fourth-order valence-corrected chi connectivity index (χ4v) is 3.19. The minimum absolute atomic E-state index is 0.0191. The summed E-state index contributed by atoms with van der Waals surface area (Å²) in [6.45, 7) is 2.54. The summed E-state index contributed by atoms with van der Waals surface area (Å²) in [5, 5.41) is 2.80. The minimum atomic E-state index is -3.44. The Morgan fingerprint density at radius 2 is 1.90 bits per heavy atom. The van der Waals surface area contributed by atoms with Crippen LogP contribution in [0.2, 0.25) is 0 Å². The molecule has 0 bridgehead atoms. The summed E-state index contributed by atoms with van der Waals surface area (Å²) in [5.41, 5.74) is 0.641. The highest BCUT2D eigenvalue weighted by Crippen LogP contribution is 2.30. The largest absolute Gasteiger partial charge is 0.326 e. The van der Waals surface area contributed by atoms with Crippen molar-refractivity contribution in [3.63, 3.8) is 0 Å². The van der Waals surface area contributed by atoms with Crippen LogP contribution in [0.1, 0.15) is 32.6 Å². The Morgan fingerprint density at radius 1 is 1.29 bits per heavy atom. The van der Waals surface area contributed by atoms with Gasteiger partial charge in [0.25, 0.3) is 0 Å². The van der Waals surface area contributed by atoms with Crippen LogP contribution >= 0.6 is 0 Å². The fraction of sp³-hybridized carbons (Fsp3) is 0.533. The average Bonchev–Trinajstić information content (AvgIpc) is 3.29. The van der Waals surface area contributed by atoms with Crippen molar-refractivity contribution in [2.75, 3.05) is 18.9 Å². The van der Waals surface area contributed by atoms with Gasteiger partial charge in [0.05, 0.1) is 4.90 Å². The van der Waals surface area contributed by atoms with Gasteiger partial charge in [-0.05, 0) is 43.5 Å². The summed E-state index contributed by atoms with van der Waals surface area (Å²) in [6, 6.07) is 6.36. The fourth-order valence-electron chi connectivity index (χ4n) is 1.98. The first-order valence-electron chi connectivity index (χ1n) is 7.32. The lowest BCUT2D eigenvalue weighted by atomic mass is 10.3. The van der Waals surface area contributed by atoms with E-state index in [0.29, 0.717) is 12.2 Å². The smallest absolute Gasteiger partial charge is 0.242 e. The van der Waals surface area contributed by atoms with Crippen molar-refractivity contribution in [3.8, 4) is 0 Å². The van der Waals surface area contributed by atoms with Gasteiger partial charge in [0, 0.05) is 25.2 Å². The number of amides is 1. The third-order valence-electron chi connectivity index (χ3n) is 3.60. The number of unbranched alkanes of at least 4 members (excludes halogenated alkanes) is 1. The molecule has 0 atom stereocenters. The summed E-state index contributed by atoms with van der Waals surface area (Å²) in [5.74, 6) is 0.152. The van der Waals surface area contributed by atoms with Crippen molar-refractivity contribution in [2.24, 2.45) is 5.92 Å². The van der Waals surface area contributed by atoms with Gasteiger partial charge >= 0.3 is 0 Å². The predicted molar refractivity (Wildman–Crippen MR) is 82.5 cm³/mol. The normalized spacial score (nSPS) is 15.2. The zero-order chi connectivity index (χ0) is 15.5. The zero-order valence-corrected chi connectivity index (χ0v) is 13.3. The van der Waals surface area contributed by atoms with E-state index < -0.39 is 10.0 Å². The lowest BCUT2D eigenvalue weighted by Gasteiger charge is -2.17. The molecule has 21 heavy (non-hydrogen) atoms. The molecule has 1 saturated carbocycles. The molecular formula is C15H22N2O3S. The van der Waals surface area contributed by atoms with E-state index in [9.17, 15) is 13.2 Å². The van der Waals surface area contributed by atoms with Crippen LogP contribution in [0, 0.1) is 5.92 Å². The van der Waals surface area contributed by atoms with Gasteiger partial charge in [-0.1, -0.05) is 13.3 Å². The Kier molecular flexibility index (Phi) is 5.00. The molecule has 6 heteroatoms. The van der Waals surface area contributed by atoms with Crippen molar-refractivity contribution >= 4 is 21.6 Å². The van der Waals surface area contributed by atoms with E-state index in [2.05, 4.69) is 5.32 Å². The molecule has 0 aromatic heterocycles. The SMILES string of the molecule is CCCCN(C)S(=O)(=O)c1ccc(NC(=O)C2CC2)cc1. The number of anilines is 1. The maximum absolute atomic E-state index is 12.3. The molecular weight excluding hydrogens is 288 g/mol. The molecule has 1 fully saturated rings. The van der Waals surface area contributed by atoms with Gasteiger partial charge in [-0.25, -0.2) is 12.7 Å². The average molecular weight is 310 g/mol. The molecule has 0 aliphatic heterocycles. The highest BCUT2D eigenvalue weighted by molar-refractivity contribution is 7.89. The van der Waals surface area contributed by atoms with Gasteiger partial charge < -0.3 is 5.32 Å². The summed E-state index contributed by atoms with van der Waals surface area (Å²) in [6.07, 6.45) is 3.68. The van der Waals surface area contributed by atoms with Crippen LogP contribution in [0.15, 0.2) is 29.2 Å². The summed E-state index contributed by atoms with van der Waals surface area (Å²) >= 11 is 0. The van der Waals surface area contributed by atoms with E-state index in [4.69, 9.17) is 0 Å². The summed E-state index contributed by atoms with van der Waals surface area (Å²) in [4.78, 5) is 11.9. The van der Waals surface area contributed by atoms with E-state index in [1.807, 2.05) is 6.92 Å². The second-order valence-corrected chi connectivity index (χ2v) is 7.51. The second kappa shape index (κ2) is 6.58. The third-order valence-corrected chi connectivity index (χ3v) is 5.48. The lowest BCUT2D eigenvalue weighted by molar-refractivity contribution is -0.117. The van der Waals surface area contributed by atoms with Crippen molar-refractivity contribution in [1.82, 2.24) is 4.31 Å². The Bertz CT molecular complexity index is 592. The van der Waals surface area contributed by atoms with E-state index in [-0.39, 0.29) is 16.7 Å². The number of benzene rings is 1. The first kappa shape index (κ1) is 16.0. The van der Waals surface area contributed by atoms with Crippen LogP contribution in [-0.4, -0.2) is 32.2 Å². The van der Waals surface area contributed by atoms with E-state index in [0.717, 1.165) is 25.7 Å². The molecule has 2 rings (SSSR count). The minimum Gasteiger partial charge on any atom is -0.326 e. The summed E-state index contributed by atoms with van der Waals surface area (Å²) in [7, 11) is -1.85. The van der Waals surface area contributed by atoms with Gasteiger partial charge in [-0.2, -0.15) is 0 Å². The van der Waals surface area contributed by atoms with Crippen LogP contribution in [0.4, 0.5) is 5.69 Å². The topological polar surface area (TPSA) is 66.5 Å². The number of carbonyl (C=O) groups excluding carboxylic acids is 1. The zero-order valence-electron chi connectivity index (χ0n) is 12.5. The van der Waals surface area contributed by atoms with Crippen LogP contribution in [0.5, 0.6) is 0 Å². The first-order chi connectivity index (χ1) is 9.95. The number of rotatable bonds is 7. The van der Waals surface area contributed by atoms with Gasteiger partial charge in [-0.3, -0.25) is 4.79 Å². The highest BCUT2D eigenvalue weighted by Gasteiger charge is 2.29. The molecule has 1 aromatic rings.